The van der Waals surface area contributed by atoms with Crippen molar-refractivity contribution in [2.75, 3.05) is 20.8 Å². The number of methoxy groups -OCH3 is 2. The molecule has 2 bridgehead atoms. The number of carbonyl (C=O) groups excluding carboxylic acids is 3. The van der Waals surface area contributed by atoms with Gasteiger partial charge in [0.25, 0.3) is 0 Å². The van der Waals surface area contributed by atoms with E-state index in [-0.39, 0.29) is 29.7 Å². The maximum Gasteiger partial charge on any atom is 0.407 e. The molecule has 55 heavy (non-hydrogen) atoms. The number of H-pyrrole nitrogens is 2. The first kappa shape index (κ1) is 36.3. The Bertz CT molecular complexity index is 2110. The number of ether oxygens (including phenoxy) is 2. The summed E-state index contributed by atoms with van der Waals surface area (Å²) >= 11 is 0. The summed E-state index contributed by atoms with van der Waals surface area (Å²) in [4.78, 5) is 57.3. The van der Waals surface area contributed by atoms with Gasteiger partial charge in [-0.15, -0.1) is 0 Å². The van der Waals surface area contributed by atoms with Crippen molar-refractivity contribution in [1.29, 1.82) is 0 Å². The van der Waals surface area contributed by atoms with Gasteiger partial charge >= 0.3 is 6.09 Å². The van der Waals surface area contributed by atoms with Crippen molar-refractivity contribution < 1.29 is 28.3 Å². The van der Waals surface area contributed by atoms with Gasteiger partial charge in [0.15, 0.2) is 0 Å². The van der Waals surface area contributed by atoms with Crippen LogP contribution in [0.5, 0.6) is 0 Å². The Labute approximate surface area is 319 Å². The van der Waals surface area contributed by atoms with E-state index in [0.29, 0.717) is 30.7 Å². The smallest absolute Gasteiger partial charge is 0.407 e. The average molecular weight is 746 g/mol. The van der Waals surface area contributed by atoms with Crippen molar-refractivity contribution in [3.8, 4) is 33.6 Å². The number of nitrogens with zero attached hydrogens (tertiary/aromatic N) is 3. The fraction of sp³-hybridized carbons (Fsp3) is 0.405. The number of aromatic nitrogens is 4. The second kappa shape index (κ2) is 15.6. The standard InChI is InChI=1S/C42H47N7O6/c1-24(53-2)37(48-42(52)54-3)41(51)49-18-4-7-34(49)38-43-22-32(46-38)27-12-8-25(9-13-27)26-10-14-28(15-11-26)33-23-44-39(47-33)35-29-16-17-30(20-29)36(35)40(50)45-21-31-6-5-19-55-31/h5-6,8-15,19,22-24,29-30,34-37H,4,7,16-18,20-21H2,1-3H3,(H,43,46)(H,44,47)(H,45,50)(H,48,52)/t24-,29?,30?,34+,35+,36+,37+/m1/s1. The van der Waals surface area contributed by atoms with Crippen LogP contribution in [0.15, 0.2) is 83.7 Å². The number of benzene rings is 2. The van der Waals surface area contributed by atoms with E-state index in [0.717, 1.165) is 77.3 Å². The van der Waals surface area contributed by atoms with E-state index in [1.165, 1.54) is 14.2 Å². The van der Waals surface area contributed by atoms with Gasteiger partial charge in [0.05, 0.1) is 61.8 Å². The van der Waals surface area contributed by atoms with Crippen molar-refractivity contribution in [1.82, 2.24) is 35.5 Å². The van der Waals surface area contributed by atoms with E-state index in [1.807, 2.05) is 18.3 Å². The van der Waals surface area contributed by atoms with Crippen molar-refractivity contribution in [3.05, 3.63) is 96.7 Å². The third-order valence-corrected chi connectivity index (χ3v) is 11.9. The second-order valence-electron chi connectivity index (χ2n) is 14.9. The maximum atomic E-state index is 13.6. The topological polar surface area (TPSA) is 167 Å². The van der Waals surface area contributed by atoms with E-state index in [9.17, 15) is 14.4 Å². The number of alkyl carbamates (subject to hydrolysis) is 1. The molecule has 2 aromatic carbocycles. The Balaban J connectivity index is 0.920. The highest BCUT2D eigenvalue weighted by atomic mass is 16.5. The molecule has 8 rings (SSSR count). The van der Waals surface area contributed by atoms with Crippen LogP contribution >= 0.6 is 0 Å². The lowest BCUT2D eigenvalue weighted by Gasteiger charge is -2.30. The number of hydrogen-bond donors (Lipinski definition) is 4. The number of likely N-dealkylation sites (tertiary alicyclic amines) is 1. The van der Waals surface area contributed by atoms with E-state index >= 15 is 0 Å². The highest BCUT2D eigenvalue weighted by Gasteiger charge is 2.52. The molecule has 13 nitrogen and oxygen atoms in total. The number of fused-ring (bicyclic) bond motifs is 2. The van der Waals surface area contributed by atoms with Crippen LogP contribution in [0.4, 0.5) is 4.79 Å². The molecule has 1 saturated heterocycles. The van der Waals surface area contributed by atoms with Crippen molar-refractivity contribution >= 4 is 17.9 Å². The molecule has 3 aromatic heterocycles. The molecule has 13 heteroatoms. The summed E-state index contributed by atoms with van der Waals surface area (Å²) < 4.78 is 15.6. The number of furan rings is 1. The molecular weight excluding hydrogens is 699 g/mol. The zero-order chi connectivity index (χ0) is 38.1. The molecule has 2 saturated carbocycles. The Morgan fingerprint density at radius 1 is 0.873 bits per heavy atom. The zero-order valence-corrected chi connectivity index (χ0v) is 31.3. The van der Waals surface area contributed by atoms with Crippen molar-refractivity contribution in [2.24, 2.45) is 17.8 Å². The second-order valence-corrected chi connectivity index (χ2v) is 14.9. The van der Waals surface area contributed by atoms with Gasteiger partial charge < -0.3 is 39.4 Å². The van der Waals surface area contributed by atoms with Gasteiger partial charge in [0.2, 0.25) is 11.8 Å². The summed E-state index contributed by atoms with van der Waals surface area (Å²) in [7, 11) is 2.77. The fourth-order valence-electron chi connectivity index (χ4n) is 8.95. The minimum absolute atomic E-state index is 0.0831. The monoisotopic (exact) mass is 745 g/mol. The van der Waals surface area contributed by atoms with Gasteiger partial charge in [0.1, 0.15) is 23.5 Å². The van der Waals surface area contributed by atoms with Crippen LogP contribution in [-0.2, 0) is 25.6 Å². The molecule has 0 radical (unpaired) electrons. The number of hydrogen-bond acceptors (Lipinski definition) is 8. The number of nitrogens with one attached hydrogen (secondary N) is 4. The number of carbonyl (C=O) groups is 3. The molecule has 4 N–H and O–H groups in total. The molecule has 3 aliphatic rings. The van der Waals surface area contributed by atoms with Crippen LogP contribution in [0.1, 0.15) is 68.4 Å². The van der Waals surface area contributed by atoms with Gasteiger partial charge in [0, 0.05) is 19.6 Å². The van der Waals surface area contributed by atoms with Crippen LogP contribution in [0.25, 0.3) is 33.6 Å². The first-order valence-electron chi connectivity index (χ1n) is 19.1. The first-order chi connectivity index (χ1) is 26.8. The van der Waals surface area contributed by atoms with Crippen molar-refractivity contribution in [3.63, 3.8) is 0 Å². The van der Waals surface area contributed by atoms with Crippen LogP contribution in [0.2, 0.25) is 0 Å². The molecule has 3 fully saturated rings. The van der Waals surface area contributed by atoms with Gasteiger partial charge in [-0.3, -0.25) is 9.59 Å². The summed E-state index contributed by atoms with van der Waals surface area (Å²) in [5.41, 5.74) is 5.97. The zero-order valence-electron chi connectivity index (χ0n) is 31.3. The Hall–Kier alpha value is -5.69. The van der Waals surface area contributed by atoms with E-state index in [1.54, 1.807) is 24.3 Å². The number of imidazole rings is 2. The minimum Gasteiger partial charge on any atom is -0.467 e. The highest BCUT2D eigenvalue weighted by Crippen LogP contribution is 2.56. The summed E-state index contributed by atoms with van der Waals surface area (Å²) in [5, 5.41) is 5.74. The van der Waals surface area contributed by atoms with E-state index < -0.39 is 18.2 Å². The fourth-order valence-corrected chi connectivity index (χ4v) is 8.95. The quantitative estimate of drug-likeness (QED) is 0.111. The average Bonchev–Trinajstić information content (AvgIpc) is 4.08. The molecule has 4 heterocycles. The van der Waals surface area contributed by atoms with Gasteiger partial charge in [-0.2, -0.15) is 0 Å². The summed E-state index contributed by atoms with van der Waals surface area (Å²) in [6, 6.07) is 19.3. The third-order valence-electron chi connectivity index (χ3n) is 11.9. The van der Waals surface area contributed by atoms with Gasteiger partial charge in [-0.05, 0) is 85.3 Å². The third kappa shape index (κ3) is 7.28. The summed E-state index contributed by atoms with van der Waals surface area (Å²) in [6.07, 6.45) is 8.96. The lowest BCUT2D eigenvalue weighted by molar-refractivity contribution is -0.137. The number of amides is 3. The minimum atomic E-state index is -0.885. The Morgan fingerprint density at radius 3 is 2.15 bits per heavy atom. The SMILES string of the molecule is COC(=O)N[C@H](C(=O)N1CCC[C@H]1c1ncc(-c2ccc(-c3ccc(-c4cnc([C@H]5C6CCC(C6)[C@@H]5C(=O)NCc5ccco5)[nH]4)cc3)cc2)[nH]1)[C@@H](C)OC. The molecule has 7 atom stereocenters. The molecule has 3 amide bonds. The predicted molar refractivity (Wildman–Crippen MR) is 204 cm³/mol. The molecule has 1 aliphatic heterocycles. The van der Waals surface area contributed by atoms with Gasteiger partial charge in [-0.25, -0.2) is 14.8 Å². The molecule has 2 unspecified atom stereocenters. The van der Waals surface area contributed by atoms with Gasteiger partial charge in [-0.1, -0.05) is 48.5 Å². The summed E-state index contributed by atoms with van der Waals surface area (Å²) in [5.74, 6) is 3.04. The first-order valence-corrected chi connectivity index (χ1v) is 19.1. The lowest BCUT2D eigenvalue weighted by Crippen LogP contribution is -2.54. The van der Waals surface area contributed by atoms with E-state index in [2.05, 4.69) is 74.1 Å². The molecular formula is C42H47N7O6. The maximum absolute atomic E-state index is 13.6. The Kier molecular flexibility index (Phi) is 10.3. The number of rotatable bonds is 12. The molecule has 2 aliphatic carbocycles. The largest absolute Gasteiger partial charge is 0.467 e. The molecule has 0 spiro atoms. The van der Waals surface area contributed by atoms with E-state index in [4.69, 9.17) is 18.9 Å². The van der Waals surface area contributed by atoms with Crippen LogP contribution < -0.4 is 10.6 Å². The normalized spacial score (nSPS) is 22.7. The molecule has 5 aromatic rings. The predicted octanol–water partition coefficient (Wildman–Crippen LogP) is 6.60. The Morgan fingerprint density at radius 2 is 1.51 bits per heavy atom. The molecule has 286 valence electrons. The summed E-state index contributed by atoms with van der Waals surface area (Å²) in [6.45, 7) is 2.69. The van der Waals surface area contributed by atoms with Crippen LogP contribution in [0.3, 0.4) is 0 Å². The number of aromatic amines is 2. The van der Waals surface area contributed by atoms with Crippen LogP contribution in [0, 0.1) is 17.8 Å². The van der Waals surface area contributed by atoms with Crippen LogP contribution in [-0.4, -0.2) is 75.7 Å². The lowest BCUT2D eigenvalue weighted by atomic mass is 9.78. The van der Waals surface area contributed by atoms with Crippen molar-refractivity contribution in [2.45, 2.75) is 69.7 Å². The highest BCUT2D eigenvalue weighted by molar-refractivity contribution is 5.87.